The molecule has 0 atom stereocenters. The van der Waals surface area contributed by atoms with E-state index in [0.717, 1.165) is 77.8 Å². The first-order chi connectivity index (χ1) is 31.4. The molecule has 11 aromatic rings. The van der Waals surface area contributed by atoms with E-state index < -0.39 is 0 Å². The highest BCUT2D eigenvalue weighted by Crippen LogP contribution is 2.49. The van der Waals surface area contributed by atoms with Crippen molar-refractivity contribution < 1.29 is 4.42 Å². The summed E-state index contributed by atoms with van der Waals surface area (Å²) in [5, 5.41) is 2.20. The Bertz CT molecular complexity index is 3560. The molecular weight excluding hydrogens is 777 g/mol. The second-order valence-corrected chi connectivity index (χ2v) is 17.4. The highest BCUT2D eigenvalue weighted by molar-refractivity contribution is 6.10. The van der Waals surface area contributed by atoms with Crippen LogP contribution in [0.2, 0.25) is 0 Å². The molecule has 3 nitrogen and oxygen atoms in total. The number of nitrogens with zero attached hydrogens (tertiary/aromatic N) is 2. The number of rotatable bonds is 7. The first-order valence-corrected chi connectivity index (χ1v) is 22.0. The summed E-state index contributed by atoms with van der Waals surface area (Å²) in [7, 11) is 0. The first-order valence-electron chi connectivity index (χ1n) is 22.0. The van der Waals surface area contributed by atoms with Crippen LogP contribution in [0.1, 0.15) is 25.0 Å². The lowest BCUT2D eigenvalue weighted by Gasteiger charge is -2.22. The van der Waals surface area contributed by atoms with Gasteiger partial charge in [0.05, 0.1) is 11.4 Å². The van der Waals surface area contributed by atoms with Crippen molar-refractivity contribution >= 4 is 21.9 Å². The molecule has 0 bridgehead atoms. The minimum atomic E-state index is -0.0620. The minimum Gasteiger partial charge on any atom is -0.455 e. The second kappa shape index (κ2) is 15.0. The van der Waals surface area contributed by atoms with Gasteiger partial charge < -0.3 is 4.42 Å². The van der Waals surface area contributed by atoms with E-state index in [4.69, 9.17) is 14.4 Å². The Morgan fingerprint density at radius 2 is 0.844 bits per heavy atom. The molecule has 0 radical (unpaired) electrons. The third kappa shape index (κ3) is 6.44. The number of fused-ring (bicyclic) bond motifs is 6. The van der Waals surface area contributed by atoms with Crippen LogP contribution in [0, 0.1) is 0 Å². The Labute approximate surface area is 373 Å². The van der Waals surface area contributed by atoms with E-state index in [-0.39, 0.29) is 5.41 Å². The quantitative estimate of drug-likeness (QED) is 0.161. The lowest BCUT2D eigenvalue weighted by Crippen LogP contribution is -2.14. The summed E-state index contributed by atoms with van der Waals surface area (Å²) < 4.78 is 6.62. The summed E-state index contributed by atoms with van der Waals surface area (Å²) in [4.78, 5) is 10.6. The van der Waals surface area contributed by atoms with Gasteiger partial charge in [-0.05, 0) is 104 Å². The topological polar surface area (TPSA) is 38.9 Å². The molecule has 1 aliphatic rings. The molecular formula is C61H42N2O. The van der Waals surface area contributed by atoms with E-state index >= 15 is 0 Å². The molecule has 12 rings (SSSR count). The van der Waals surface area contributed by atoms with Crippen molar-refractivity contribution in [1.82, 2.24) is 9.97 Å². The molecule has 2 heterocycles. The van der Waals surface area contributed by atoms with Gasteiger partial charge in [0.2, 0.25) is 0 Å². The van der Waals surface area contributed by atoms with Gasteiger partial charge in [-0.15, -0.1) is 0 Å². The molecule has 3 heteroatoms. The molecule has 2 aromatic heterocycles. The van der Waals surface area contributed by atoms with E-state index in [0.29, 0.717) is 5.82 Å². The van der Waals surface area contributed by atoms with Gasteiger partial charge in [0, 0.05) is 38.4 Å². The van der Waals surface area contributed by atoms with Crippen LogP contribution < -0.4 is 0 Å². The molecule has 0 N–H and O–H groups in total. The van der Waals surface area contributed by atoms with Crippen molar-refractivity contribution in [3.05, 3.63) is 230 Å². The lowest BCUT2D eigenvalue weighted by atomic mass is 9.81. The number of furan rings is 1. The zero-order valence-corrected chi connectivity index (χ0v) is 35.6. The molecule has 302 valence electrons. The van der Waals surface area contributed by atoms with Crippen LogP contribution in [-0.4, -0.2) is 9.97 Å². The summed E-state index contributed by atoms with van der Waals surface area (Å²) in [5.41, 5.74) is 20.8. The number of hydrogen-bond donors (Lipinski definition) is 0. The fourth-order valence-electron chi connectivity index (χ4n) is 9.76. The maximum absolute atomic E-state index is 6.62. The molecule has 0 saturated carbocycles. The Morgan fingerprint density at radius 3 is 1.66 bits per heavy atom. The predicted octanol–water partition coefficient (Wildman–Crippen LogP) is 16.4. The van der Waals surface area contributed by atoms with Crippen molar-refractivity contribution in [1.29, 1.82) is 0 Å². The molecule has 0 amide bonds. The third-order valence-electron chi connectivity index (χ3n) is 13.1. The van der Waals surface area contributed by atoms with Gasteiger partial charge in [0.15, 0.2) is 5.82 Å². The fraction of sp³-hybridized carbons (Fsp3) is 0.0492. The second-order valence-electron chi connectivity index (χ2n) is 17.4. The Hall–Kier alpha value is -8.14. The molecule has 0 spiro atoms. The minimum absolute atomic E-state index is 0.0620. The first kappa shape index (κ1) is 37.6. The maximum atomic E-state index is 6.62. The van der Waals surface area contributed by atoms with Gasteiger partial charge in [-0.1, -0.05) is 190 Å². The van der Waals surface area contributed by atoms with E-state index in [1.165, 1.54) is 38.9 Å². The molecule has 0 unspecified atom stereocenters. The Morgan fingerprint density at radius 1 is 0.328 bits per heavy atom. The Kier molecular flexibility index (Phi) is 8.84. The molecule has 0 fully saturated rings. The Balaban J connectivity index is 1.00. The van der Waals surface area contributed by atoms with Crippen molar-refractivity contribution in [2.75, 3.05) is 0 Å². The van der Waals surface area contributed by atoms with Crippen LogP contribution in [0.15, 0.2) is 223 Å². The normalized spacial score (nSPS) is 12.7. The monoisotopic (exact) mass is 818 g/mol. The van der Waals surface area contributed by atoms with Gasteiger partial charge in [0.25, 0.3) is 0 Å². The molecule has 1 aliphatic carbocycles. The van der Waals surface area contributed by atoms with Crippen LogP contribution >= 0.6 is 0 Å². The van der Waals surface area contributed by atoms with E-state index in [2.05, 4.69) is 202 Å². The molecule has 0 saturated heterocycles. The summed E-state index contributed by atoms with van der Waals surface area (Å²) in [5.74, 6) is 0.676. The van der Waals surface area contributed by atoms with Gasteiger partial charge in [-0.3, -0.25) is 0 Å². The predicted molar refractivity (Wildman–Crippen MR) is 265 cm³/mol. The molecule has 64 heavy (non-hydrogen) atoms. The average Bonchev–Trinajstić information content (AvgIpc) is 3.86. The molecule has 0 aliphatic heterocycles. The van der Waals surface area contributed by atoms with E-state index in [1.807, 2.05) is 30.3 Å². The van der Waals surface area contributed by atoms with Gasteiger partial charge in [-0.25, -0.2) is 9.97 Å². The highest BCUT2D eigenvalue weighted by atomic mass is 16.3. The summed E-state index contributed by atoms with van der Waals surface area (Å²) in [6.45, 7) is 4.67. The summed E-state index contributed by atoms with van der Waals surface area (Å²) in [6.07, 6.45) is 0. The summed E-state index contributed by atoms with van der Waals surface area (Å²) in [6, 6.07) is 77.9. The zero-order chi connectivity index (χ0) is 42.8. The van der Waals surface area contributed by atoms with Crippen LogP contribution in [0.25, 0.3) is 111 Å². The van der Waals surface area contributed by atoms with E-state index in [1.54, 1.807) is 0 Å². The van der Waals surface area contributed by atoms with Crippen molar-refractivity contribution in [3.63, 3.8) is 0 Å². The van der Waals surface area contributed by atoms with Gasteiger partial charge in [0.1, 0.15) is 11.2 Å². The maximum Gasteiger partial charge on any atom is 0.160 e. The number of aromatic nitrogens is 2. The highest BCUT2D eigenvalue weighted by Gasteiger charge is 2.35. The van der Waals surface area contributed by atoms with Gasteiger partial charge >= 0.3 is 0 Å². The SMILES string of the molecule is CC1(C)c2ccccc2-c2ccc(-c3ccc(-c4cc(-c5cc(-c6cccc(-c7ccccc7)c6)cc(-c6cccc7c6oc6ccccc67)c5)nc(-c5ccccc5)n4)cc3)cc21. The van der Waals surface area contributed by atoms with Gasteiger partial charge in [-0.2, -0.15) is 0 Å². The van der Waals surface area contributed by atoms with Crippen molar-refractivity contribution in [3.8, 4) is 89.5 Å². The average molecular weight is 819 g/mol. The molecule has 9 aromatic carbocycles. The third-order valence-corrected chi connectivity index (χ3v) is 13.1. The fourth-order valence-corrected chi connectivity index (χ4v) is 9.76. The van der Waals surface area contributed by atoms with Crippen molar-refractivity contribution in [2.24, 2.45) is 0 Å². The largest absolute Gasteiger partial charge is 0.455 e. The standard InChI is InChI=1S/C61H42N2O/c1-61(2)54-25-11-9-21-50(54)51-32-31-45(37-55(51)61)40-27-29-41(30-28-40)56-38-57(63-60(62-56)42-17-7-4-8-18-42)48-35-46(44-20-13-19-43(33-44)39-15-5-3-6-16-39)34-47(36-48)49-23-14-24-53-52-22-10-12-26-58(52)64-59(49)53/h3-38H,1-2H3. The van der Waals surface area contributed by atoms with Crippen molar-refractivity contribution in [2.45, 2.75) is 19.3 Å². The number of benzene rings is 9. The van der Waals surface area contributed by atoms with Crippen LogP contribution in [0.5, 0.6) is 0 Å². The van der Waals surface area contributed by atoms with E-state index in [9.17, 15) is 0 Å². The smallest absolute Gasteiger partial charge is 0.160 e. The lowest BCUT2D eigenvalue weighted by molar-refractivity contribution is 0.660. The van der Waals surface area contributed by atoms with Crippen LogP contribution in [0.4, 0.5) is 0 Å². The number of para-hydroxylation sites is 2. The van der Waals surface area contributed by atoms with Crippen LogP contribution in [-0.2, 0) is 5.41 Å². The van der Waals surface area contributed by atoms with Crippen LogP contribution in [0.3, 0.4) is 0 Å². The zero-order valence-electron chi connectivity index (χ0n) is 35.6. The summed E-state index contributed by atoms with van der Waals surface area (Å²) >= 11 is 0. The number of hydrogen-bond acceptors (Lipinski definition) is 3.